The van der Waals surface area contributed by atoms with Crippen LogP contribution in [0.5, 0.6) is 5.75 Å². The lowest BCUT2D eigenvalue weighted by atomic mass is 9.92. The molecule has 2 unspecified atom stereocenters. The molecule has 1 heterocycles. The molecule has 1 aromatic carbocycles. The molecular weight excluding hydrogens is 292 g/mol. The van der Waals surface area contributed by atoms with Crippen molar-refractivity contribution in [3.63, 3.8) is 0 Å². The molecule has 3 nitrogen and oxygen atoms in total. The van der Waals surface area contributed by atoms with Crippen LogP contribution in [0.25, 0.3) is 0 Å². The van der Waals surface area contributed by atoms with Crippen LogP contribution in [0.15, 0.2) is 23.2 Å². The van der Waals surface area contributed by atoms with Gasteiger partial charge in [0.2, 0.25) is 0 Å². The van der Waals surface area contributed by atoms with Gasteiger partial charge in [0, 0.05) is 16.3 Å². The normalized spacial score (nSPS) is 24.8. The van der Waals surface area contributed by atoms with Gasteiger partial charge in [-0.05, 0) is 31.0 Å². The summed E-state index contributed by atoms with van der Waals surface area (Å²) in [5.41, 5.74) is 1.12. The van der Waals surface area contributed by atoms with Crippen molar-refractivity contribution in [1.29, 1.82) is 0 Å². The molecule has 108 valence electrons. The third-order valence-electron chi connectivity index (χ3n) is 3.93. The summed E-state index contributed by atoms with van der Waals surface area (Å²) in [7, 11) is 1.69. The number of aliphatic imine (C=N–C) groups is 1. The first-order valence-corrected chi connectivity index (χ1v) is 8.42. The van der Waals surface area contributed by atoms with Crippen LogP contribution in [0.4, 0.5) is 0 Å². The zero-order valence-corrected chi connectivity index (χ0v) is 13.1. The average molecular weight is 311 g/mol. The van der Waals surface area contributed by atoms with Crippen molar-refractivity contribution in [2.24, 2.45) is 4.99 Å². The van der Waals surface area contributed by atoms with Crippen LogP contribution in [0.1, 0.15) is 31.2 Å². The Balaban J connectivity index is 1.64. The van der Waals surface area contributed by atoms with Crippen LogP contribution in [0.3, 0.4) is 0 Å². The fourth-order valence-corrected chi connectivity index (χ4v) is 4.02. The largest absolute Gasteiger partial charge is 0.496 e. The Bertz CT molecular complexity index is 521. The Morgan fingerprint density at radius 3 is 3.05 bits per heavy atom. The zero-order chi connectivity index (χ0) is 13.9. The number of amidine groups is 1. The number of benzene rings is 1. The fraction of sp³-hybridized carbons (Fsp3) is 0.533. The fourth-order valence-electron chi connectivity index (χ4n) is 2.87. The minimum Gasteiger partial charge on any atom is -0.496 e. The van der Waals surface area contributed by atoms with Crippen molar-refractivity contribution in [1.82, 2.24) is 5.32 Å². The van der Waals surface area contributed by atoms with Gasteiger partial charge in [-0.2, -0.15) is 0 Å². The lowest BCUT2D eigenvalue weighted by molar-refractivity contribution is 0.385. The highest BCUT2D eigenvalue weighted by atomic mass is 35.5. The first-order valence-electron chi connectivity index (χ1n) is 7.06. The lowest BCUT2D eigenvalue weighted by Gasteiger charge is -2.23. The van der Waals surface area contributed by atoms with Gasteiger partial charge in [-0.1, -0.05) is 36.2 Å². The number of fused-ring (bicyclic) bond motifs is 1. The second kappa shape index (κ2) is 6.27. The highest BCUT2D eigenvalue weighted by molar-refractivity contribution is 8.13. The number of nitrogens with one attached hydrogen (secondary N) is 1. The summed E-state index contributed by atoms with van der Waals surface area (Å²) in [6.45, 7) is 0. The Morgan fingerprint density at radius 2 is 2.25 bits per heavy atom. The molecule has 0 radical (unpaired) electrons. The topological polar surface area (TPSA) is 33.6 Å². The smallest absolute Gasteiger partial charge is 0.157 e. The van der Waals surface area contributed by atoms with E-state index in [1.54, 1.807) is 18.9 Å². The molecule has 2 aliphatic rings. The molecule has 0 bridgehead atoms. The summed E-state index contributed by atoms with van der Waals surface area (Å²) in [5, 5.41) is 5.37. The first kappa shape index (κ1) is 14.1. The molecule has 1 saturated carbocycles. The van der Waals surface area contributed by atoms with Crippen molar-refractivity contribution in [3.8, 4) is 5.75 Å². The van der Waals surface area contributed by atoms with Gasteiger partial charge < -0.3 is 10.1 Å². The van der Waals surface area contributed by atoms with Gasteiger partial charge >= 0.3 is 0 Å². The molecule has 3 rings (SSSR count). The van der Waals surface area contributed by atoms with E-state index in [0.717, 1.165) is 27.3 Å². The quantitative estimate of drug-likeness (QED) is 0.920. The predicted octanol–water partition coefficient (Wildman–Crippen LogP) is 3.85. The average Bonchev–Trinajstić information content (AvgIpc) is 2.88. The van der Waals surface area contributed by atoms with E-state index in [9.17, 15) is 0 Å². The second-order valence-electron chi connectivity index (χ2n) is 5.28. The minimum absolute atomic E-state index is 0.493. The van der Waals surface area contributed by atoms with Gasteiger partial charge in [0.15, 0.2) is 5.17 Å². The zero-order valence-electron chi connectivity index (χ0n) is 11.6. The number of methoxy groups -OCH3 is 1. The summed E-state index contributed by atoms with van der Waals surface area (Å²) in [4.78, 5) is 4.80. The summed E-state index contributed by atoms with van der Waals surface area (Å²) in [6.07, 6.45) is 5.11. The third kappa shape index (κ3) is 3.07. The molecule has 2 atom stereocenters. The molecule has 0 amide bonds. The second-order valence-corrected chi connectivity index (χ2v) is 6.68. The van der Waals surface area contributed by atoms with Gasteiger partial charge in [-0.3, -0.25) is 4.99 Å². The van der Waals surface area contributed by atoms with Crippen LogP contribution in [-0.2, 0) is 5.75 Å². The molecule has 1 aliphatic heterocycles. The molecular formula is C15H19ClN2OS. The van der Waals surface area contributed by atoms with Crippen molar-refractivity contribution < 1.29 is 4.74 Å². The molecule has 1 aliphatic carbocycles. The molecule has 1 fully saturated rings. The number of nitrogens with zero attached hydrogens (tertiary/aromatic N) is 1. The number of thioether (sulfide) groups is 1. The van der Waals surface area contributed by atoms with Crippen molar-refractivity contribution in [2.45, 2.75) is 43.5 Å². The molecule has 0 aromatic heterocycles. The lowest BCUT2D eigenvalue weighted by Crippen LogP contribution is -2.36. The van der Waals surface area contributed by atoms with E-state index in [0.29, 0.717) is 12.1 Å². The van der Waals surface area contributed by atoms with Crippen molar-refractivity contribution in [2.75, 3.05) is 7.11 Å². The Hall–Kier alpha value is -0.870. The van der Waals surface area contributed by atoms with E-state index < -0.39 is 0 Å². The van der Waals surface area contributed by atoms with Gasteiger partial charge in [0.05, 0.1) is 19.2 Å². The molecule has 20 heavy (non-hydrogen) atoms. The van der Waals surface area contributed by atoms with E-state index in [-0.39, 0.29) is 0 Å². The third-order valence-corrected chi connectivity index (χ3v) is 5.12. The molecule has 0 spiro atoms. The van der Waals surface area contributed by atoms with E-state index in [1.165, 1.54) is 25.7 Å². The highest BCUT2D eigenvalue weighted by Crippen LogP contribution is 2.30. The van der Waals surface area contributed by atoms with Crippen LogP contribution in [0, 0.1) is 0 Å². The predicted molar refractivity (Wildman–Crippen MR) is 85.9 cm³/mol. The van der Waals surface area contributed by atoms with Crippen molar-refractivity contribution in [3.05, 3.63) is 28.8 Å². The van der Waals surface area contributed by atoms with Gasteiger partial charge in [0.1, 0.15) is 5.75 Å². The molecule has 5 heteroatoms. The SMILES string of the molecule is COc1ccc(Cl)cc1CSC1=NC2CCCCC2N1. The first-order chi connectivity index (χ1) is 9.76. The van der Waals surface area contributed by atoms with Crippen LogP contribution >= 0.6 is 23.4 Å². The number of rotatable bonds is 3. The molecule has 1 aromatic rings. The molecule has 1 N–H and O–H groups in total. The van der Waals surface area contributed by atoms with Crippen LogP contribution < -0.4 is 10.1 Å². The van der Waals surface area contributed by atoms with Crippen LogP contribution in [0.2, 0.25) is 5.02 Å². The standard InChI is InChI=1S/C15H19ClN2OS/c1-19-14-7-6-11(16)8-10(14)9-20-15-17-12-4-2-3-5-13(12)18-15/h6-8,12-13H,2-5,9H2,1H3,(H,17,18). The summed E-state index contributed by atoms with van der Waals surface area (Å²) < 4.78 is 5.38. The summed E-state index contributed by atoms with van der Waals surface area (Å²) in [6, 6.07) is 6.80. The van der Waals surface area contributed by atoms with Crippen molar-refractivity contribution >= 4 is 28.5 Å². The molecule has 0 saturated heterocycles. The summed E-state index contributed by atoms with van der Waals surface area (Å²) >= 11 is 7.80. The van der Waals surface area contributed by atoms with Gasteiger partial charge in [-0.25, -0.2) is 0 Å². The highest BCUT2D eigenvalue weighted by Gasteiger charge is 2.30. The Labute approximate surface area is 129 Å². The van der Waals surface area contributed by atoms with Gasteiger partial charge in [0.25, 0.3) is 0 Å². The summed E-state index contributed by atoms with van der Waals surface area (Å²) in [5.74, 6) is 1.72. The number of hydrogen-bond donors (Lipinski definition) is 1. The van der Waals surface area contributed by atoms with E-state index in [2.05, 4.69) is 5.32 Å². The number of halogens is 1. The number of ether oxygens (including phenoxy) is 1. The maximum absolute atomic E-state index is 6.06. The monoisotopic (exact) mass is 310 g/mol. The van der Waals surface area contributed by atoms with Gasteiger partial charge in [-0.15, -0.1) is 0 Å². The maximum atomic E-state index is 6.06. The number of hydrogen-bond acceptors (Lipinski definition) is 4. The minimum atomic E-state index is 0.493. The van der Waals surface area contributed by atoms with E-state index in [1.807, 2.05) is 18.2 Å². The van der Waals surface area contributed by atoms with E-state index in [4.69, 9.17) is 21.3 Å². The Morgan fingerprint density at radius 1 is 1.40 bits per heavy atom. The van der Waals surface area contributed by atoms with Crippen LogP contribution in [-0.4, -0.2) is 24.4 Å². The van der Waals surface area contributed by atoms with E-state index >= 15 is 0 Å². The maximum Gasteiger partial charge on any atom is 0.157 e. The Kier molecular flexibility index (Phi) is 4.41.